The maximum atomic E-state index is 12.8. The van der Waals surface area contributed by atoms with Gasteiger partial charge in [-0.25, -0.2) is 4.79 Å². The molecule has 0 unspecified atom stereocenters. The van der Waals surface area contributed by atoms with E-state index in [-0.39, 0.29) is 11.8 Å². The molecule has 1 saturated heterocycles. The summed E-state index contributed by atoms with van der Waals surface area (Å²) < 4.78 is 1.31. The minimum atomic E-state index is -0.177. The molecule has 0 spiro atoms. The third-order valence-corrected chi connectivity index (χ3v) is 4.98. The largest absolute Gasteiger partial charge is 0.346 e. The number of fused-ring (bicyclic) bond motifs is 1. The standard InChI is InChI=1S/C20H20N4O2/c1-14-9-11-23(12-10-14)20(26)24-18-13-16(7-8-17(18)21-22-24)19(25)15-5-3-2-4-6-15/h2-8,13-14H,9-12H2,1H3. The molecule has 1 fully saturated rings. The summed E-state index contributed by atoms with van der Waals surface area (Å²) in [5.41, 5.74) is 2.30. The van der Waals surface area contributed by atoms with Crippen LogP contribution in [0.2, 0.25) is 0 Å². The molecule has 1 aliphatic heterocycles. The minimum absolute atomic E-state index is 0.0838. The highest BCUT2D eigenvalue weighted by atomic mass is 16.2. The molecule has 132 valence electrons. The second-order valence-corrected chi connectivity index (χ2v) is 6.85. The maximum absolute atomic E-state index is 12.8. The summed E-state index contributed by atoms with van der Waals surface area (Å²) in [4.78, 5) is 27.3. The number of hydrogen-bond acceptors (Lipinski definition) is 4. The Hall–Kier alpha value is -3.02. The molecule has 26 heavy (non-hydrogen) atoms. The molecule has 2 heterocycles. The van der Waals surface area contributed by atoms with Gasteiger partial charge in [-0.15, -0.1) is 5.10 Å². The first-order chi connectivity index (χ1) is 12.6. The van der Waals surface area contributed by atoms with Crippen molar-refractivity contribution in [2.75, 3.05) is 13.1 Å². The summed E-state index contributed by atoms with van der Waals surface area (Å²) in [6.45, 7) is 3.65. The molecule has 1 aromatic heterocycles. The summed E-state index contributed by atoms with van der Waals surface area (Å²) in [5.74, 6) is 0.557. The zero-order valence-corrected chi connectivity index (χ0v) is 14.6. The Morgan fingerprint density at radius 2 is 1.73 bits per heavy atom. The predicted molar refractivity (Wildman–Crippen MR) is 98.2 cm³/mol. The van der Waals surface area contributed by atoms with Crippen molar-refractivity contribution in [2.45, 2.75) is 19.8 Å². The minimum Gasteiger partial charge on any atom is -0.323 e. The van der Waals surface area contributed by atoms with Gasteiger partial charge in [0.05, 0.1) is 0 Å². The van der Waals surface area contributed by atoms with Crippen LogP contribution in [0.15, 0.2) is 48.5 Å². The highest BCUT2D eigenvalue weighted by Gasteiger charge is 2.24. The van der Waals surface area contributed by atoms with E-state index in [9.17, 15) is 9.59 Å². The third-order valence-electron chi connectivity index (χ3n) is 4.98. The molecule has 2 aromatic carbocycles. The SMILES string of the molecule is CC1CCN(C(=O)n2nnc3ccc(C(=O)c4ccccc4)cc32)CC1. The van der Waals surface area contributed by atoms with E-state index in [1.54, 1.807) is 35.2 Å². The average molecular weight is 348 g/mol. The van der Waals surface area contributed by atoms with Crippen LogP contribution in [0.4, 0.5) is 4.79 Å². The van der Waals surface area contributed by atoms with Crippen molar-refractivity contribution in [3.63, 3.8) is 0 Å². The lowest BCUT2D eigenvalue weighted by Crippen LogP contribution is -2.40. The van der Waals surface area contributed by atoms with E-state index in [2.05, 4.69) is 17.2 Å². The highest BCUT2D eigenvalue weighted by molar-refractivity contribution is 6.10. The molecule has 1 aliphatic rings. The molecule has 0 N–H and O–H groups in total. The van der Waals surface area contributed by atoms with Crippen molar-refractivity contribution in [1.82, 2.24) is 19.9 Å². The van der Waals surface area contributed by atoms with Gasteiger partial charge in [0.1, 0.15) is 11.0 Å². The Kier molecular flexibility index (Phi) is 4.24. The van der Waals surface area contributed by atoms with Crippen molar-refractivity contribution in [2.24, 2.45) is 5.92 Å². The van der Waals surface area contributed by atoms with Crippen LogP contribution >= 0.6 is 0 Å². The molecule has 0 bridgehead atoms. The van der Waals surface area contributed by atoms with Crippen molar-refractivity contribution < 1.29 is 9.59 Å². The fourth-order valence-electron chi connectivity index (χ4n) is 3.29. The van der Waals surface area contributed by atoms with Crippen molar-refractivity contribution in [3.8, 4) is 0 Å². The van der Waals surface area contributed by atoms with E-state index in [4.69, 9.17) is 0 Å². The zero-order valence-electron chi connectivity index (χ0n) is 14.6. The molecule has 0 atom stereocenters. The Bertz CT molecular complexity index is 956. The van der Waals surface area contributed by atoms with Gasteiger partial charge in [0.25, 0.3) is 0 Å². The topological polar surface area (TPSA) is 68.1 Å². The number of piperidine rings is 1. The zero-order chi connectivity index (χ0) is 18.1. The van der Waals surface area contributed by atoms with Gasteiger partial charge < -0.3 is 4.90 Å². The first-order valence-electron chi connectivity index (χ1n) is 8.88. The van der Waals surface area contributed by atoms with Gasteiger partial charge in [0.15, 0.2) is 5.78 Å². The van der Waals surface area contributed by atoms with Crippen molar-refractivity contribution >= 4 is 22.8 Å². The van der Waals surface area contributed by atoms with Crippen LogP contribution in [0.3, 0.4) is 0 Å². The summed E-state index contributed by atoms with van der Waals surface area (Å²) in [5, 5.41) is 8.10. The molecular formula is C20H20N4O2. The van der Waals surface area contributed by atoms with Crippen LogP contribution in [-0.2, 0) is 0 Å². The van der Waals surface area contributed by atoms with Crippen LogP contribution in [0.1, 0.15) is 35.7 Å². The van der Waals surface area contributed by atoms with Gasteiger partial charge in [0.2, 0.25) is 0 Å². The molecule has 3 aromatic rings. The average Bonchev–Trinajstić information content (AvgIpc) is 3.11. The number of ketones is 1. The summed E-state index contributed by atoms with van der Waals surface area (Å²) in [6, 6.07) is 14.1. The van der Waals surface area contributed by atoms with Crippen molar-refractivity contribution in [3.05, 3.63) is 59.7 Å². The monoisotopic (exact) mass is 348 g/mol. The normalized spacial score (nSPS) is 15.3. The Morgan fingerprint density at radius 1 is 1.00 bits per heavy atom. The molecule has 1 amide bonds. The highest BCUT2D eigenvalue weighted by Crippen LogP contribution is 2.20. The number of amides is 1. The maximum Gasteiger partial charge on any atom is 0.346 e. The molecule has 6 heteroatoms. The van der Waals surface area contributed by atoms with Crippen LogP contribution < -0.4 is 0 Å². The number of aromatic nitrogens is 3. The fraction of sp³-hybridized carbons (Fsp3) is 0.300. The van der Waals surface area contributed by atoms with Crippen LogP contribution in [0.25, 0.3) is 11.0 Å². The first kappa shape index (κ1) is 16.4. The number of rotatable bonds is 2. The van der Waals surface area contributed by atoms with Crippen LogP contribution in [-0.4, -0.2) is 44.8 Å². The molecule has 6 nitrogen and oxygen atoms in total. The lowest BCUT2D eigenvalue weighted by molar-refractivity contribution is 0.103. The number of carbonyl (C=O) groups is 2. The number of hydrogen-bond donors (Lipinski definition) is 0. The van der Waals surface area contributed by atoms with E-state index in [1.807, 2.05) is 18.2 Å². The van der Waals surface area contributed by atoms with Gasteiger partial charge in [-0.2, -0.15) is 4.68 Å². The summed E-state index contributed by atoms with van der Waals surface area (Å²) in [7, 11) is 0. The first-order valence-corrected chi connectivity index (χ1v) is 8.88. The second-order valence-electron chi connectivity index (χ2n) is 6.85. The Balaban J connectivity index is 1.67. The Morgan fingerprint density at radius 3 is 2.46 bits per heavy atom. The number of likely N-dealkylation sites (tertiary alicyclic amines) is 1. The number of benzene rings is 2. The van der Waals surface area contributed by atoms with Crippen molar-refractivity contribution in [1.29, 1.82) is 0 Å². The predicted octanol–water partition coefficient (Wildman–Crippen LogP) is 3.36. The third kappa shape index (κ3) is 2.98. The summed E-state index contributed by atoms with van der Waals surface area (Å²) >= 11 is 0. The van der Waals surface area contributed by atoms with Gasteiger partial charge in [-0.05, 0) is 37.0 Å². The number of carbonyl (C=O) groups excluding carboxylic acids is 2. The molecule has 0 saturated carbocycles. The lowest BCUT2D eigenvalue weighted by Gasteiger charge is -2.29. The van der Waals surface area contributed by atoms with Crippen LogP contribution in [0.5, 0.6) is 0 Å². The van der Waals surface area contributed by atoms with Crippen LogP contribution in [0, 0.1) is 5.92 Å². The van der Waals surface area contributed by atoms with Gasteiger partial charge in [-0.1, -0.05) is 42.5 Å². The lowest BCUT2D eigenvalue weighted by atomic mass is 10.00. The fourth-order valence-corrected chi connectivity index (χ4v) is 3.29. The van der Waals surface area contributed by atoms with Gasteiger partial charge >= 0.3 is 6.03 Å². The molecule has 0 aliphatic carbocycles. The number of nitrogens with zero attached hydrogens (tertiary/aromatic N) is 4. The molecule has 4 rings (SSSR count). The molecular weight excluding hydrogens is 328 g/mol. The van der Waals surface area contributed by atoms with Gasteiger partial charge in [0, 0.05) is 24.2 Å². The summed E-state index contributed by atoms with van der Waals surface area (Å²) in [6.07, 6.45) is 1.99. The quantitative estimate of drug-likeness (QED) is 0.666. The second kappa shape index (κ2) is 6.71. The molecule has 0 radical (unpaired) electrons. The van der Waals surface area contributed by atoms with E-state index >= 15 is 0 Å². The van der Waals surface area contributed by atoms with E-state index in [0.717, 1.165) is 25.9 Å². The van der Waals surface area contributed by atoms with E-state index < -0.39 is 0 Å². The van der Waals surface area contributed by atoms with E-state index in [1.165, 1.54) is 4.68 Å². The van der Waals surface area contributed by atoms with Gasteiger partial charge in [-0.3, -0.25) is 4.79 Å². The van der Waals surface area contributed by atoms with E-state index in [0.29, 0.717) is 28.1 Å². The smallest absolute Gasteiger partial charge is 0.323 e. The Labute approximate surface area is 151 Å².